The third-order valence-corrected chi connectivity index (χ3v) is 4.34. The highest BCUT2D eigenvalue weighted by atomic mass is 19.1. The van der Waals surface area contributed by atoms with E-state index in [1.165, 1.54) is 30.5 Å². The molecule has 2 N–H and O–H groups in total. The number of nitrogens with two attached hydrogens (primary N) is 1. The highest BCUT2D eigenvalue weighted by Crippen LogP contribution is 2.21. The molecule has 0 fully saturated rings. The Morgan fingerprint density at radius 3 is 2.55 bits per heavy atom. The fourth-order valence-electron chi connectivity index (χ4n) is 2.79. The van der Waals surface area contributed by atoms with Gasteiger partial charge >= 0.3 is 5.97 Å². The number of amidine groups is 1. The topological polar surface area (TPSA) is 94.9 Å². The number of oxime groups is 1. The summed E-state index contributed by atoms with van der Waals surface area (Å²) in [6.07, 6.45) is 2.96. The van der Waals surface area contributed by atoms with Crippen LogP contribution >= 0.6 is 0 Å². The van der Waals surface area contributed by atoms with Crippen LogP contribution in [-0.4, -0.2) is 26.4 Å². The number of rotatable bonds is 4. The second-order valence-corrected chi connectivity index (χ2v) is 6.35. The highest BCUT2D eigenvalue weighted by molar-refractivity contribution is 5.99. The van der Waals surface area contributed by atoms with Crippen molar-refractivity contribution >= 4 is 17.5 Å². The Balaban J connectivity index is 1.62. The molecule has 7 nitrogen and oxygen atoms in total. The normalized spacial score (nSPS) is 11.6. The number of benzene rings is 2. The van der Waals surface area contributed by atoms with Crippen molar-refractivity contribution in [2.75, 3.05) is 0 Å². The van der Waals surface area contributed by atoms with E-state index in [0.717, 1.165) is 16.8 Å². The molecule has 0 bridgehead atoms. The van der Waals surface area contributed by atoms with E-state index in [1.807, 2.05) is 37.3 Å². The summed E-state index contributed by atoms with van der Waals surface area (Å²) in [4.78, 5) is 21.6. The molecular formula is C21H16FN5O2. The minimum Gasteiger partial charge on any atom is -0.380 e. The van der Waals surface area contributed by atoms with Gasteiger partial charge in [-0.3, -0.25) is 0 Å². The van der Waals surface area contributed by atoms with Crippen molar-refractivity contribution in [3.05, 3.63) is 89.5 Å². The maximum Gasteiger partial charge on any atom is 0.371 e. The Labute approximate surface area is 165 Å². The van der Waals surface area contributed by atoms with Crippen molar-refractivity contribution < 1.29 is 14.0 Å². The quantitative estimate of drug-likeness (QED) is 0.250. The van der Waals surface area contributed by atoms with Gasteiger partial charge in [0.05, 0.1) is 11.9 Å². The molecule has 29 heavy (non-hydrogen) atoms. The zero-order valence-corrected chi connectivity index (χ0v) is 15.4. The summed E-state index contributed by atoms with van der Waals surface area (Å²) in [7, 11) is 0. The van der Waals surface area contributed by atoms with Gasteiger partial charge in [0, 0.05) is 17.3 Å². The Kier molecular flexibility index (Phi) is 4.74. The summed E-state index contributed by atoms with van der Waals surface area (Å²) in [6, 6.07) is 15.1. The number of fused-ring (bicyclic) bond motifs is 1. The molecule has 4 rings (SSSR count). The third-order valence-electron chi connectivity index (χ3n) is 4.34. The van der Waals surface area contributed by atoms with Crippen molar-refractivity contribution in [2.24, 2.45) is 10.9 Å². The summed E-state index contributed by atoms with van der Waals surface area (Å²) in [5.41, 5.74) is 9.55. The summed E-state index contributed by atoms with van der Waals surface area (Å²) in [6.45, 7) is 2.01. The second kappa shape index (κ2) is 7.51. The molecule has 0 saturated carbocycles. The lowest BCUT2D eigenvalue weighted by Gasteiger charge is -2.05. The van der Waals surface area contributed by atoms with E-state index in [0.29, 0.717) is 11.2 Å². The van der Waals surface area contributed by atoms with Crippen molar-refractivity contribution in [1.29, 1.82) is 0 Å². The van der Waals surface area contributed by atoms with E-state index in [2.05, 4.69) is 15.2 Å². The molecule has 0 radical (unpaired) electrons. The summed E-state index contributed by atoms with van der Waals surface area (Å²) in [5, 5.41) is 7.90. The molecule has 0 amide bonds. The van der Waals surface area contributed by atoms with Crippen LogP contribution in [0.1, 0.15) is 21.5 Å². The molecule has 2 aromatic carbocycles. The van der Waals surface area contributed by atoms with Crippen LogP contribution in [0.4, 0.5) is 4.39 Å². The molecule has 2 aromatic heterocycles. The minimum atomic E-state index is -0.751. The zero-order valence-electron chi connectivity index (χ0n) is 15.4. The van der Waals surface area contributed by atoms with Crippen LogP contribution in [-0.2, 0) is 4.84 Å². The van der Waals surface area contributed by atoms with E-state index in [4.69, 9.17) is 10.6 Å². The fourth-order valence-corrected chi connectivity index (χ4v) is 2.79. The van der Waals surface area contributed by atoms with Crippen LogP contribution in [0.3, 0.4) is 0 Å². The zero-order chi connectivity index (χ0) is 20.4. The van der Waals surface area contributed by atoms with Crippen molar-refractivity contribution in [3.63, 3.8) is 0 Å². The molecule has 0 aliphatic heterocycles. The minimum absolute atomic E-state index is 0.0527. The molecule has 0 spiro atoms. The lowest BCUT2D eigenvalue weighted by Crippen LogP contribution is -2.15. The van der Waals surface area contributed by atoms with E-state index < -0.39 is 11.8 Å². The number of hydrogen-bond donors (Lipinski definition) is 1. The van der Waals surface area contributed by atoms with E-state index in [9.17, 15) is 9.18 Å². The lowest BCUT2D eigenvalue weighted by atomic mass is 10.1. The number of aromatic nitrogens is 3. The third kappa shape index (κ3) is 3.68. The molecule has 0 unspecified atom stereocenters. The van der Waals surface area contributed by atoms with Gasteiger partial charge in [-0.1, -0.05) is 35.0 Å². The van der Waals surface area contributed by atoms with Crippen molar-refractivity contribution in [1.82, 2.24) is 14.6 Å². The number of carbonyl (C=O) groups excluding carboxylic acids is 1. The van der Waals surface area contributed by atoms with Gasteiger partial charge in [0.1, 0.15) is 11.4 Å². The Morgan fingerprint density at radius 1 is 1.10 bits per heavy atom. The van der Waals surface area contributed by atoms with Crippen LogP contribution in [0, 0.1) is 12.7 Å². The molecule has 0 aliphatic rings. The van der Waals surface area contributed by atoms with Gasteiger partial charge in [-0.2, -0.15) is 5.10 Å². The fraction of sp³-hybridized carbons (Fsp3) is 0.0476. The second-order valence-electron chi connectivity index (χ2n) is 6.35. The van der Waals surface area contributed by atoms with Gasteiger partial charge in [-0.15, -0.1) is 0 Å². The summed E-state index contributed by atoms with van der Waals surface area (Å²) in [5.74, 6) is -1.21. The maximum atomic E-state index is 13.0. The lowest BCUT2D eigenvalue weighted by molar-refractivity contribution is 0.0518. The van der Waals surface area contributed by atoms with Gasteiger partial charge < -0.3 is 10.6 Å². The summed E-state index contributed by atoms with van der Waals surface area (Å²) < 4.78 is 14.6. The van der Waals surface area contributed by atoms with E-state index >= 15 is 0 Å². The monoisotopic (exact) mass is 389 g/mol. The van der Waals surface area contributed by atoms with Crippen molar-refractivity contribution in [2.45, 2.75) is 6.92 Å². The van der Waals surface area contributed by atoms with Crippen molar-refractivity contribution in [3.8, 4) is 11.3 Å². The van der Waals surface area contributed by atoms with Crippen LogP contribution in [0.15, 0.2) is 72.1 Å². The molecule has 0 saturated heterocycles. The first-order valence-electron chi connectivity index (χ1n) is 8.73. The average molecular weight is 389 g/mol. The Bertz CT molecular complexity index is 1210. The Hall–Kier alpha value is -4.07. The van der Waals surface area contributed by atoms with Gasteiger partial charge in [0.15, 0.2) is 11.5 Å². The average Bonchev–Trinajstić information content (AvgIpc) is 3.17. The number of halogens is 1. The first kappa shape index (κ1) is 18.3. The standard InChI is InChI=1S/C21H16FN5O2/c1-13-2-4-14(5-3-13)18-10-11-24-20-17(12-25-27(18)20)21(28)29-26-19(23)15-6-8-16(22)9-7-15/h2-12H,1H3,(H2,23,26). The number of hydrogen-bond acceptors (Lipinski definition) is 5. The summed E-state index contributed by atoms with van der Waals surface area (Å²) >= 11 is 0. The number of aryl methyl sites for hydroxylation is 1. The Morgan fingerprint density at radius 2 is 1.83 bits per heavy atom. The van der Waals surface area contributed by atoms with Crippen LogP contribution in [0.25, 0.3) is 16.9 Å². The molecule has 0 aliphatic carbocycles. The number of nitrogens with zero attached hydrogens (tertiary/aromatic N) is 4. The molecule has 8 heteroatoms. The van der Waals surface area contributed by atoms with Gasteiger partial charge in [0.25, 0.3) is 0 Å². The maximum absolute atomic E-state index is 13.0. The van der Waals surface area contributed by atoms with Gasteiger partial charge in [-0.05, 0) is 37.3 Å². The molecule has 144 valence electrons. The molecular weight excluding hydrogens is 373 g/mol. The predicted octanol–water partition coefficient (Wildman–Crippen LogP) is 3.32. The van der Waals surface area contributed by atoms with Gasteiger partial charge in [-0.25, -0.2) is 18.7 Å². The first-order valence-corrected chi connectivity index (χ1v) is 8.73. The van der Waals surface area contributed by atoms with Crippen LogP contribution in [0.5, 0.6) is 0 Å². The van der Waals surface area contributed by atoms with Crippen LogP contribution in [0.2, 0.25) is 0 Å². The molecule has 4 aromatic rings. The molecule has 2 heterocycles. The predicted molar refractivity (Wildman–Crippen MR) is 106 cm³/mol. The van der Waals surface area contributed by atoms with E-state index in [1.54, 1.807) is 10.7 Å². The van der Waals surface area contributed by atoms with Crippen LogP contribution < -0.4 is 5.73 Å². The first-order chi connectivity index (χ1) is 14.0. The van der Waals surface area contributed by atoms with Gasteiger partial charge in [0.2, 0.25) is 0 Å². The highest BCUT2D eigenvalue weighted by Gasteiger charge is 2.18. The smallest absolute Gasteiger partial charge is 0.371 e. The number of carbonyl (C=O) groups is 1. The SMILES string of the molecule is Cc1ccc(-c2ccnc3c(C(=O)O/N=C(\N)c4ccc(F)cc4)cnn23)cc1. The largest absolute Gasteiger partial charge is 0.380 e. The molecule has 0 atom stereocenters. The van der Waals surface area contributed by atoms with E-state index in [-0.39, 0.29) is 11.4 Å².